The van der Waals surface area contributed by atoms with Crippen LogP contribution in [0.1, 0.15) is 60.2 Å². The highest BCUT2D eigenvalue weighted by molar-refractivity contribution is 7.20. The number of nitrogens with two attached hydrogens (primary N) is 1. The molecule has 0 aromatic carbocycles. The number of hydrogen-bond acceptors (Lipinski definition) is 8. The summed E-state index contributed by atoms with van der Waals surface area (Å²) in [6.45, 7) is 7.64. The number of amides is 2. The second-order valence-corrected chi connectivity index (χ2v) is 10.3. The summed E-state index contributed by atoms with van der Waals surface area (Å²) in [6, 6.07) is 9.15. The maximum absolute atomic E-state index is 12.8. The Kier molecular flexibility index (Phi) is 6.78. The van der Waals surface area contributed by atoms with Gasteiger partial charge in [-0.3, -0.25) is 14.6 Å². The van der Waals surface area contributed by atoms with Gasteiger partial charge in [-0.05, 0) is 37.1 Å². The van der Waals surface area contributed by atoms with Crippen LogP contribution in [0.3, 0.4) is 0 Å². The zero-order chi connectivity index (χ0) is 24.3. The summed E-state index contributed by atoms with van der Waals surface area (Å²) in [7, 11) is 0. The molecule has 3 aromatic heterocycles. The summed E-state index contributed by atoms with van der Waals surface area (Å²) >= 11 is 1.35. The van der Waals surface area contributed by atoms with Crippen molar-refractivity contribution in [3.63, 3.8) is 0 Å². The van der Waals surface area contributed by atoms with Crippen LogP contribution in [0.15, 0.2) is 42.7 Å². The number of rotatable bonds is 6. The smallest absolute Gasteiger partial charge is 0.270 e. The van der Waals surface area contributed by atoms with E-state index in [9.17, 15) is 9.59 Å². The van der Waals surface area contributed by atoms with Crippen molar-refractivity contribution in [2.24, 2.45) is 5.73 Å². The van der Waals surface area contributed by atoms with Crippen LogP contribution in [0.4, 0.5) is 16.0 Å². The van der Waals surface area contributed by atoms with E-state index in [1.807, 2.05) is 24.3 Å². The van der Waals surface area contributed by atoms with Gasteiger partial charge in [0.15, 0.2) is 10.8 Å². The Morgan fingerprint density at radius 2 is 2.00 bits per heavy atom. The van der Waals surface area contributed by atoms with Gasteiger partial charge >= 0.3 is 0 Å². The van der Waals surface area contributed by atoms with Gasteiger partial charge in [-0.15, -0.1) is 0 Å². The van der Waals surface area contributed by atoms with Crippen LogP contribution in [-0.2, 0) is 5.41 Å². The summed E-state index contributed by atoms with van der Waals surface area (Å²) in [5.74, 6) is -0.140. The van der Waals surface area contributed by atoms with Crippen molar-refractivity contribution in [2.45, 2.75) is 45.1 Å². The maximum Gasteiger partial charge on any atom is 0.270 e. The number of hydrogen-bond donors (Lipinski definition) is 3. The molecule has 1 aliphatic heterocycles. The summed E-state index contributed by atoms with van der Waals surface area (Å²) < 4.78 is 0. The van der Waals surface area contributed by atoms with Crippen molar-refractivity contribution in [1.29, 1.82) is 0 Å². The van der Waals surface area contributed by atoms with E-state index in [2.05, 4.69) is 51.3 Å². The summed E-state index contributed by atoms with van der Waals surface area (Å²) in [4.78, 5) is 40.1. The minimum Gasteiger partial charge on any atom is -0.364 e. The monoisotopic (exact) mass is 479 g/mol. The van der Waals surface area contributed by atoms with Crippen LogP contribution >= 0.6 is 11.3 Å². The van der Waals surface area contributed by atoms with Crippen LogP contribution in [0.5, 0.6) is 0 Å². The molecule has 4 rings (SSSR count). The van der Waals surface area contributed by atoms with E-state index in [-0.39, 0.29) is 23.1 Å². The highest BCUT2D eigenvalue weighted by atomic mass is 32.1. The van der Waals surface area contributed by atoms with E-state index >= 15 is 0 Å². The number of nitrogens with one attached hydrogen (secondary N) is 2. The molecular weight excluding hydrogens is 450 g/mol. The number of aromatic nitrogens is 3. The van der Waals surface area contributed by atoms with Gasteiger partial charge in [0.25, 0.3) is 11.8 Å². The highest BCUT2D eigenvalue weighted by Crippen LogP contribution is 2.34. The number of pyridine rings is 2. The lowest BCUT2D eigenvalue weighted by Gasteiger charge is -2.33. The molecule has 2 amide bonds. The topological polar surface area (TPSA) is 126 Å². The maximum atomic E-state index is 12.8. The van der Waals surface area contributed by atoms with Crippen molar-refractivity contribution in [2.75, 3.05) is 23.3 Å². The first-order valence-electron chi connectivity index (χ1n) is 11.2. The van der Waals surface area contributed by atoms with Crippen LogP contribution in [0.25, 0.3) is 0 Å². The number of piperidine rings is 1. The molecule has 4 N–H and O–H groups in total. The average Bonchev–Trinajstić information content (AvgIpc) is 3.23. The van der Waals surface area contributed by atoms with E-state index in [1.165, 1.54) is 11.3 Å². The summed E-state index contributed by atoms with van der Waals surface area (Å²) in [5.41, 5.74) is 7.16. The molecule has 3 aromatic rings. The largest absolute Gasteiger partial charge is 0.364 e. The molecule has 0 aliphatic carbocycles. The Balaban J connectivity index is 1.45. The lowest BCUT2D eigenvalue weighted by Crippen LogP contribution is -2.47. The average molecular weight is 480 g/mol. The van der Waals surface area contributed by atoms with Gasteiger partial charge in [-0.1, -0.05) is 38.2 Å². The minimum atomic E-state index is -0.603. The molecule has 1 saturated heterocycles. The molecule has 0 spiro atoms. The molecule has 0 saturated carbocycles. The fourth-order valence-electron chi connectivity index (χ4n) is 3.76. The predicted molar refractivity (Wildman–Crippen MR) is 134 cm³/mol. The number of carbonyl (C=O) groups excluding carboxylic acids is 2. The van der Waals surface area contributed by atoms with E-state index in [0.717, 1.165) is 25.1 Å². The van der Waals surface area contributed by atoms with Crippen molar-refractivity contribution in [3.8, 4) is 0 Å². The first-order chi connectivity index (χ1) is 16.2. The zero-order valence-electron chi connectivity index (χ0n) is 19.5. The fourth-order valence-corrected chi connectivity index (χ4v) is 4.77. The molecule has 1 fully saturated rings. The standard InChI is InChI=1S/C24H29N7O2S/c1-24(2,3)17-10-9-15(13-27-17)21(33)28-16-7-6-12-31(14-16)23-30-19(20(25)32)22(34-23)29-18-8-4-5-11-26-18/h4-5,8-11,13,16H,6-7,12,14H2,1-3H3,(H2,25,32)(H,26,29)(H,28,33)/t16-/m0/s1. The van der Waals surface area contributed by atoms with E-state index in [1.54, 1.807) is 18.5 Å². The lowest BCUT2D eigenvalue weighted by atomic mass is 9.91. The van der Waals surface area contributed by atoms with E-state index < -0.39 is 5.91 Å². The Morgan fingerprint density at radius 1 is 1.18 bits per heavy atom. The highest BCUT2D eigenvalue weighted by Gasteiger charge is 2.26. The molecule has 178 valence electrons. The Bertz CT molecular complexity index is 1160. The van der Waals surface area contributed by atoms with Crippen LogP contribution in [-0.4, -0.2) is 45.9 Å². The first kappa shape index (κ1) is 23.6. The second-order valence-electron chi connectivity index (χ2n) is 9.32. The Morgan fingerprint density at radius 3 is 2.65 bits per heavy atom. The van der Waals surface area contributed by atoms with Crippen molar-refractivity contribution in [3.05, 3.63) is 59.7 Å². The SMILES string of the molecule is CC(C)(C)c1ccc(C(=O)N[C@H]2CCCN(c3nc(C(N)=O)c(Nc4ccccn4)s3)C2)cn1. The third-order valence-corrected chi connectivity index (χ3v) is 6.61. The van der Waals surface area contributed by atoms with Gasteiger partial charge in [0.2, 0.25) is 0 Å². The summed E-state index contributed by atoms with van der Waals surface area (Å²) in [6.07, 6.45) is 5.05. The third kappa shape index (κ3) is 5.51. The minimum absolute atomic E-state index is 0.0448. The molecule has 9 nitrogen and oxygen atoms in total. The Labute approximate surface area is 202 Å². The molecule has 34 heavy (non-hydrogen) atoms. The Hall–Kier alpha value is -3.53. The number of thiazole rings is 1. The van der Waals surface area contributed by atoms with Gasteiger partial charge in [-0.2, -0.15) is 0 Å². The zero-order valence-corrected chi connectivity index (χ0v) is 20.4. The van der Waals surface area contributed by atoms with E-state index in [4.69, 9.17) is 5.73 Å². The molecule has 0 radical (unpaired) electrons. The van der Waals surface area contributed by atoms with Gasteiger partial charge in [0.05, 0.1) is 5.56 Å². The molecule has 4 heterocycles. The van der Waals surface area contributed by atoms with Gasteiger partial charge in [0.1, 0.15) is 10.8 Å². The molecule has 0 unspecified atom stereocenters. The predicted octanol–water partition coefficient (Wildman–Crippen LogP) is 3.47. The molecule has 1 atom stereocenters. The van der Waals surface area contributed by atoms with Gasteiger partial charge in [0, 0.05) is 42.6 Å². The van der Waals surface area contributed by atoms with Crippen LogP contribution < -0.4 is 21.3 Å². The molecule has 10 heteroatoms. The number of carbonyl (C=O) groups is 2. The van der Waals surface area contributed by atoms with Crippen molar-refractivity contribution in [1.82, 2.24) is 20.3 Å². The molecule has 1 aliphatic rings. The van der Waals surface area contributed by atoms with Crippen LogP contribution in [0, 0.1) is 0 Å². The number of nitrogens with zero attached hydrogens (tertiary/aromatic N) is 4. The fraction of sp³-hybridized carbons (Fsp3) is 0.375. The van der Waals surface area contributed by atoms with Gasteiger partial charge in [-0.25, -0.2) is 9.97 Å². The van der Waals surface area contributed by atoms with Crippen molar-refractivity contribution >= 4 is 39.1 Å². The summed E-state index contributed by atoms with van der Waals surface area (Å²) in [5, 5.41) is 7.49. The number of anilines is 3. The quantitative estimate of drug-likeness (QED) is 0.494. The van der Waals surface area contributed by atoms with Gasteiger partial charge < -0.3 is 21.3 Å². The van der Waals surface area contributed by atoms with E-state index in [0.29, 0.717) is 28.1 Å². The molecule has 0 bridgehead atoms. The molecular formula is C24H29N7O2S. The second kappa shape index (κ2) is 9.76. The lowest BCUT2D eigenvalue weighted by molar-refractivity contribution is 0.0932. The first-order valence-corrected chi connectivity index (χ1v) is 12.0. The third-order valence-electron chi connectivity index (χ3n) is 5.58. The number of primary amides is 1. The normalized spacial score (nSPS) is 16.2. The van der Waals surface area contributed by atoms with Crippen LogP contribution in [0.2, 0.25) is 0 Å². The van der Waals surface area contributed by atoms with Crippen molar-refractivity contribution < 1.29 is 9.59 Å².